The summed E-state index contributed by atoms with van der Waals surface area (Å²) in [6.45, 7) is -0.145. The van der Waals surface area contributed by atoms with Gasteiger partial charge in [0, 0.05) is 6.42 Å². The highest BCUT2D eigenvalue weighted by atomic mass is 35.5. The number of carbonyl (C=O) groups excluding carboxylic acids is 1. The van der Waals surface area contributed by atoms with Gasteiger partial charge < -0.3 is 9.15 Å². The summed E-state index contributed by atoms with van der Waals surface area (Å²) in [4.78, 5) is 11.8. The second kappa shape index (κ2) is 7.90. The minimum absolute atomic E-state index is 0.0619. The van der Waals surface area contributed by atoms with Gasteiger partial charge in [0.05, 0.1) is 10.6 Å². The number of ether oxygens (including phenoxy) is 1. The highest BCUT2D eigenvalue weighted by Gasteiger charge is 2.13. The zero-order chi connectivity index (χ0) is 17.6. The van der Waals surface area contributed by atoms with Gasteiger partial charge in [-0.05, 0) is 30.2 Å². The predicted molar refractivity (Wildman–Crippen MR) is 89.3 cm³/mol. The number of hydrogen-bond donors (Lipinski definition) is 0. The van der Waals surface area contributed by atoms with Crippen molar-refractivity contribution in [2.75, 3.05) is 0 Å². The van der Waals surface area contributed by atoms with Crippen LogP contribution in [0.4, 0.5) is 4.39 Å². The summed E-state index contributed by atoms with van der Waals surface area (Å²) < 4.78 is 24.0. The lowest BCUT2D eigenvalue weighted by atomic mass is 10.1. The minimum Gasteiger partial charge on any atom is -0.456 e. The van der Waals surface area contributed by atoms with Crippen molar-refractivity contribution in [3.8, 4) is 11.5 Å². The number of esters is 1. The Hall–Kier alpha value is -2.73. The Balaban J connectivity index is 1.53. The molecule has 0 N–H and O–H groups in total. The molecule has 25 heavy (non-hydrogen) atoms. The molecule has 0 saturated carbocycles. The zero-order valence-electron chi connectivity index (χ0n) is 13.1. The van der Waals surface area contributed by atoms with Crippen LogP contribution in [0.15, 0.2) is 52.9 Å². The summed E-state index contributed by atoms with van der Waals surface area (Å²) in [5, 5.41) is 8.20. The summed E-state index contributed by atoms with van der Waals surface area (Å²) in [6.07, 6.45) is 0.326. The number of hydrogen-bond acceptors (Lipinski definition) is 5. The fraction of sp³-hybridized carbons (Fsp3) is 0.167. The molecule has 0 unspecified atom stereocenters. The molecular weight excluding hydrogens is 347 g/mol. The molecule has 1 heterocycles. The normalized spacial score (nSPS) is 10.6. The first-order valence-electron chi connectivity index (χ1n) is 7.60. The van der Waals surface area contributed by atoms with Crippen molar-refractivity contribution in [1.82, 2.24) is 10.2 Å². The Bertz CT molecular complexity index is 882. The van der Waals surface area contributed by atoms with E-state index in [0.29, 0.717) is 16.1 Å². The van der Waals surface area contributed by atoms with Crippen LogP contribution >= 0.6 is 11.6 Å². The molecule has 5 nitrogen and oxygen atoms in total. The average Bonchev–Trinajstić information content (AvgIpc) is 3.08. The van der Waals surface area contributed by atoms with Crippen LogP contribution in [-0.2, 0) is 22.6 Å². The van der Waals surface area contributed by atoms with Crippen molar-refractivity contribution in [3.63, 3.8) is 0 Å². The monoisotopic (exact) mass is 360 g/mol. The van der Waals surface area contributed by atoms with E-state index < -0.39 is 5.97 Å². The van der Waals surface area contributed by atoms with E-state index in [2.05, 4.69) is 10.2 Å². The molecule has 3 rings (SSSR count). The molecule has 0 bridgehead atoms. The van der Waals surface area contributed by atoms with E-state index >= 15 is 0 Å². The number of nitrogens with zero attached hydrogens (tertiary/aromatic N) is 2. The Kier molecular flexibility index (Phi) is 5.40. The molecular formula is C18H14ClFN2O3. The third-order valence-electron chi connectivity index (χ3n) is 3.48. The van der Waals surface area contributed by atoms with Gasteiger partial charge in [-0.15, -0.1) is 10.2 Å². The van der Waals surface area contributed by atoms with Gasteiger partial charge in [-0.2, -0.15) is 0 Å². The maximum atomic E-state index is 13.5. The number of rotatable bonds is 6. The van der Waals surface area contributed by atoms with Crippen LogP contribution in [-0.4, -0.2) is 16.2 Å². The lowest BCUT2D eigenvalue weighted by Gasteiger charge is -2.03. The van der Waals surface area contributed by atoms with Crippen LogP contribution in [0.25, 0.3) is 11.5 Å². The third kappa shape index (κ3) is 4.42. The van der Waals surface area contributed by atoms with E-state index in [4.69, 9.17) is 20.8 Å². The lowest BCUT2D eigenvalue weighted by Crippen LogP contribution is -2.06. The first-order valence-corrected chi connectivity index (χ1v) is 7.97. The largest absolute Gasteiger partial charge is 0.456 e. The van der Waals surface area contributed by atoms with Gasteiger partial charge >= 0.3 is 5.97 Å². The van der Waals surface area contributed by atoms with Crippen LogP contribution in [0.2, 0.25) is 5.02 Å². The zero-order valence-corrected chi connectivity index (χ0v) is 13.9. The molecule has 7 heteroatoms. The van der Waals surface area contributed by atoms with Crippen molar-refractivity contribution < 1.29 is 18.3 Å². The SMILES string of the molecule is O=C(CCc1ccccc1F)OCc1nnc(-c2ccccc2Cl)o1. The summed E-state index contributed by atoms with van der Waals surface area (Å²) in [7, 11) is 0. The van der Waals surface area contributed by atoms with Crippen LogP contribution in [0.1, 0.15) is 17.9 Å². The van der Waals surface area contributed by atoms with Gasteiger partial charge in [0.2, 0.25) is 5.89 Å². The highest BCUT2D eigenvalue weighted by molar-refractivity contribution is 6.33. The predicted octanol–water partition coefficient (Wildman–Crippen LogP) is 4.21. The first-order chi connectivity index (χ1) is 12.1. The highest BCUT2D eigenvalue weighted by Crippen LogP contribution is 2.26. The molecule has 0 spiro atoms. The van der Waals surface area contributed by atoms with Crippen LogP contribution in [0.3, 0.4) is 0 Å². The molecule has 0 aliphatic rings. The van der Waals surface area contributed by atoms with Gasteiger partial charge in [0.15, 0.2) is 6.61 Å². The number of aromatic nitrogens is 2. The molecule has 0 fully saturated rings. The van der Waals surface area contributed by atoms with Gasteiger partial charge in [-0.1, -0.05) is 41.9 Å². The fourth-order valence-electron chi connectivity index (χ4n) is 2.21. The minimum atomic E-state index is -0.472. The Morgan fingerprint density at radius 3 is 2.68 bits per heavy atom. The molecule has 2 aromatic carbocycles. The van der Waals surface area contributed by atoms with E-state index in [1.807, 2.05) is 0 Å². The second-order valence-corrected chi connectivity index (χ2v) is 5.64. The Morgan fingerprint density at radius 1 is 1.12 bits per heavy atom. The van der Waals surface area contributed by atoms with E-state index in [1.165, 1.54) is 6.07 Å². The summed E-state index contributed by atoms with van der Waals surface area (Å²) >= 11 is 6.06. The summed E-state index contributed by atoms with van der Waals surface area (Å²) in [5.41, 5.74) is 1.08. The molecule has 3 aromatic rings. The van der Waals surface area contributed by atoms with E-state index in [0.717, 1.165) is 0 Å². The molecule has 1 aromatic heterocycles. The summed E-state index contributed by atoms with van der Waals surface area (Å²) in [5.74, 6) is -0.394. The van der Waals surface area contributed by atoms with Crippen molar-refractivity contribution >= 4 is 17.6 Å². The molecule has 0 amide bonds. The second-order valence-electron chi connectivity index (χ2n) is 5.23. The number of benzene rings is 2. The Labute approximate surface area is 148 Å². The van der Waals surface area contributed by atoms with E-state index in [1.54, 1.807) is 42.5 Å². The maximum absolute atomic E-state index is 13.5. The molecule has 0 atom stereocenters. The van der Waals surface area contributed by atoms with Crippen LogP contribution < -0.4 is 0 Å². The quantitative estimate of drug-likeness (QED) is 0.616. The summed E-state index contributed by atoms with van der Waals surface area (Å²) in [6, 6.07) is 13.4. The van der Waals surface area contributed by atoms with Gasteiger partial charge in [0.25, 0.3) is 5.89 Å². The van der Waals surface area contributed by atoms with Crippen molar-refractivity contribution in [2.45, 2.75) is 19.4 Å². The van der Waals surface area contributed by atoms with Gasteiger partial charge in [0.1, 0.15) is 5.82 Å². The first kappa shape index (κ1) is 17.1. The van der Waals surface area contributed by atoms with Crippen LogP contribution in [0.5, 0.6) is 0 Å². The maximum Gasteiger partial charge on any atom is 0.306 e. The van der Waals surface area contributed by atoms with Crippen molar-refractivity contribution in [3.05, 3.63) is 70.8 Å². The van der Waals surface area contributed by atoms with E-state index in [9.17, 15) is 9.18 Å². The molecule has 0 aliphatic heterocycles. The number of aryl methyl sites for hydroxylation is 1. The standard InChI is InChI=1S/C18H14ClFN2O3/c19-14-7-3-2-6-13(14)18-22-21-16(25-18)11-24-17(23)10-9-12-5-1-4-8-15(12)20/h1-8H,9-11H2. The molecule has 128 valence electrons. The average molecular weight is 361 g/mol. The number of carbonyl (C=O) groups is 1. The number of halogens is 2. The smallest absolute Gasteiger partial charge is 0.306 e. The van der Waals surface area contributed by atoms with Crippen molar-refractivity contribution in [2.24, 2.45) is 0 Å². The topological polar surface area (TPSA) is 65.2 Å². The van der Waals surface area contributed by atoms with Gasteiger partial charge in [-0.25, -0.2) is 4.39 Å². The Morgan fingerprint density at radius 2 is 1.88 bits per heavy atom. The lowest BCUT2D eigenvalue weighted by molar-refractivity contribution is -0.145. The molecule has 0 aliphatic carbocycles. The fourth-order valence-corrected chi connectivity index (χ4v) is 2.42. The third-order valence-corrected chi connectivity index (χ3v) is 3.81. The molecule has 0 radical (unpaired) electrons. The van der Waals surface area contributed by atoms with Gasteiger partial charge in [-0.3, -0.25) is 4.79 Å². The van der Waals surface area contributed by atoms with E-state index in [-0.39, 0.29) is 37.0 Å². The van der Waals surface area contributed by atoms with Crippen LogP contribution in [0, 0.1) is 5.82 Å². The molecule has 0 saturated heterocycles. The van der Waals surface area contributed by atoms with Crippen molar-refractivity contribution in [1.29, 1.82) is 0 Å².